The van der Waals surface area contributed by atoms with E-state index in [4.69, 9.17) is 0 Å². The normalized spacial score (nSPS) is 16.1. The molecule has 0 aromatic heterocycles. The van der Waals surface area contributed by atoms with Crippen LogP contribution in [0.3, 0.4) is 0 Å². The van der Waals surface area contributed by atoms with Crippen LogP contribution in [0.2, 0.25) is 0 Å². The second-order valence-electron chi connectivity index (χ2n) is 5.61. The minimum Gasteiger partial charge on any atom is -0.394 e. The number of aliphatic hydroxyl groups excluding tert-OH is 1. The average Bonchev–Trinajstić information content (AvgIpc) is 2.31. The monoisotopic (exact) mass is 284 g/mol. The third kappa shape index (κ3) is 8.44. The van der Waals surface area contributed by atoms with Crippen LogP contribution in [0, 0.1) is 0 Å². The van der Waals surface area contributed by atoms with Crippen LogP contribution in [0.15, 0.2) is 0 Å². The Balaban J connectivity index is 4.08. The fourth-order valence-corrected chi connectivity index (χ4v) is 1.86. The van der Waals surface area contributed by atoms with Gasteiger partial charge in [-0.3, -0.25) is 4.90 Å². The zero-order valence-corrected chi connectivity index (χ0v) is 12.3. The molecule has 6 heteroatoms. The van der Waals surface area contributed by atoms with Gasteiger partial charge in [0.25, 0.3) is 0 Å². The van der Waals surface area contributed by atoms with Crippen molar-refractivity contribution in [2.45, 2.75) is 57.8 Å². The van der Waals surface area contributed by atoms with Crippen LogP contribution in [-0.4, -0.2) is 54.5 Å². The van der Waals surface area contributed by atoms with Crippen LogP contribution in [-0.2, 0) is 0 Å². The van der Waals surface area contributed by atoms with Gasteiger partial charge < -0.3 is 10.4 Å². The lowest BCUT2D eigenvalue weighted by Crippen LogP contribution is -2.43. The van der Waals surface area contributed by atoms with E-state index in [0.29, 0.717) is 13.0 Å². The third-order valence-electron chi connectivity index (χ3n) is 3.49. The van der Waals surface area contributed by atoms with Gasteiger partial charge in [-0.15, -0.1) is 0 Å². The second kappa shape index (κ2) is 8.07. The molecule has 0 aromatic rings. The SMILES string of the molecule is CNC(C)(CO)CCCCN(CC(F)(F)F)C(C)C. The van der Waals surface area contributed by atoms with Crippen molar-refractivity contribution in [3.8, 4) is 0 Å². The van der Waals surface area contributed by atoms with Crippen LogP contribution in [0.1, 0.15) is 40.0 Å². The van der Waals surface area contributed by atoms with E-state index >= 15 is 0 Å². The number of halogens is 3. The zero-order chi connectivity index (χ0) is 15.1. The highest BCUT2D eigenvalue weighted by molar-refractivity contribution is 4.80. The molecule has 1 unspecified atom stereocenters. The van der Waals surface area contributed by atoms with Gasteiger partial charge >= 0.3 is 6.18 Å². The van der Waals surface area contributed by atoms with Gasteiger partial charge in [-0.2, -0.15) is 13.2 Å². The van der Waals surface area contributed by atoms with Crippen LogP contribution in [0.5, 0.6) is 0 Å². The van der Waals surface area contributed by atoms with E-state index in [-0.39, 0.29) is 18.2 Å². The highest BCUT2D eigenvalue weighted by Crippen LogP contribution is 2.19. The molecule has 116 valence electrons. The molecule has 0 bridgehead atoms. The Labute approximate surface area is 114 Å². The van der Waals surface area contributed by atoms with E-state index in [1.807, 2.05) is 6.92 Å². The van der Waals surface area contributed by atoms with Crippen LogP contribution in [0.25, 0.3) is 0 Å². The Kier molecular flexibility index (Phi) is 7.93. The number of unbranched alkanes of at least 4 members (excludes halogenated alkanes) is 1. The summed E-state index contributed by atoms with van der Waals surface area (Å²) >= 11 is 0. The van der Waals surface area contributed by atoms with Gasteiger partial charge in [0.15, 0.2) is 0 Å². The van der Waals surface area contributed by atoms with E-state index in [2.05, 4.69) is 5.32 Å². The summed E-state index contributed by atoms with van der Waals surface area (Å²) in [5.74, 6) is 0. The van der Waals surface area contributed by atoms with E-state index in [1.165, 1.54) is 4.90 Å². The molecule has 3 nitrogen and oxygen atoms in total. The van der Waals surface area contributed by atoms with Gasteiger partial charge in [0.05, 0.1) is 13.2 Å². The lowest BCUT2D eigenvalue weighted by atomic mass is 9.96. The highest BCUT2D eigenvalue weighted by atomic mass is 19.4. The second-order valence-corrected chi connectivity index (χ2v) is 5.61. The minimum absolute atomic E-state index is 0.0277. The fraction of sp³-hybridized carbons (Fsp3) is 1.00. The summed E-state index contributed by atoms with van der Waals surface area (Å²) in [5.41, 5.74) is -0.341. The molecule has 0 aliphatic heterocycles. The molecule has 0 amide bonds. The molecule has 0 spiro atoms. The fourth-order valence-electron chi connectivity index (χ4n) is 1.86. The molecule has 19 heavy (non-hydrogen) atoms. The first-order chi connectivity index (χ1) is 8.63. The summed E-state index contributed by atoms with van der Waals surface area (Å²) in [4.78, 5) is 1.44. The summed E-state index contributed by atoms with van der Waals surface area (Å²) in [6.07, 6.45) is -1.91. The van der Waals surface area contributed by atoms with Crippen molar-refractivity contribution in [2.75, 3.05) is 26.7 Å². The predicted octanol–water partition coefficient (Wildman–Crippen LogP) is 2.40. The lowest BCUT2D eigenvalue weighted by molar-refractivity contribution is -0.149. The standard InChI is InChI=1S/C13H27F3N2O/c1-11(2)18(9-13(14,15)16)8-6-5-7-12(3,10-19)17-4/h11,17,19H,5-10H2,1-4H3. The van der Waals surface area contributed by atoms with Crippen molar-refractivity contribution in [3.63, 3.8) is 0 Å². The quantitative estimate of drug-likeness (QED) is 0.638. The van der Waals surface area contributed by atoms with Crippen LogP contribution >= 0.6 is 0 Å². The molecule has 0 saturated carbocycles. The number of likely N-dealkylation sites (N-methyl/N-ethyl adjacent to an activating group) is 1. The van der Waals surface area contributed by atoms with Gasteiger partial charge in [-0.25, -0.2) is 0 Å². The molecule has 2 N–H and O–H groups in total. The van der Waals surface area contributed by atoms with Crippen LogP contribution < -0.4 is 5.32 Å². The molecule has 0 saturated heterocycles. The first kappa shape index (κ1) is 18.7. The maximum Gasteiger partial charge on any atom is 0.401 e. The molecular weight excluding hydrogens is 257 g/mol. The van der Waals surface area contributed by atoms with Crippen molar-refractivity contribution >= 4 is 0 Å². The van der Waals surface area contributed by atoms with Crippen molar-refractivity contribution in [2.24, 2.45) is 0 Å². The van der Waals surface area contributed by atoms with Gasteiger partial charge in [0.2, 0.25) is 0 Å². The molecular formula is C13H27F3N2O. The first-order valence-electron chi connectivity index (χ1n) is 6.74. The molecule has 0 aliphatic carbocycles. The summed E-state index contributed by atoms with van der Waals surface area (Å²) < 4.78 is 37.2. The number of aliphatic hydroxyl groups is 1. The maximum absolute atomic E-state index is 12.4. The smallest absolute Gasteiger partial charge is 0.394 e. The highest BCUT2D eigenvalue weighted by Gasteiger charge is 2.31. The number of hydrogen-bond acceptors (Lipinski definition) is 3. The molecule has 0 fully saturated rings. The zero-order valence-electron chi connectivity index (χ0n) is 12.3. The van der Waals surface area contributed by atoms with Gasteiger partial charge in [0.1, 0.15) is 0 Å². The third-order valence-corrected chi connectivity index (χ3v) is 3.49. The molecule has 0 rings (SSSR count). The summed E-state index contributed by atoms with van der Waals surface area (Å²) in [5, 5.41) is 12.2. The predicted molar refractivity (Wildman–Crippen MR) is 71.2 cm³/mol. The number of alkyl halides is 3. The number of hydrogen-bond donors (Lipinski definition) is 2. The topological polar surface area (TPSA) is 35.5 Å². The Bertz CT molecular complexity index is 241. The molecule has 0 radical (unpaired) electrons. The Morgan fingerprint density at radius 2 is 1.79 bits per heavy atom. The van der Waals surface area contributed by atoms with Gasteiger partial charge in [-0.1, -0.05) is 6.42 Å². The molecule has 0 heterocycles. The number of rotatable bonds is 9. The van der Waals surface area contributed by atoms with E-state index in [0.717, 1.165) is 12.8 Å². The minimum atomic E-state index is -4.14. The van der Waals surface area contributed by atoms with Gasteiger partial charge in [-0.05, 0) is 47.2 Å². The first-order valence-corrected chi connectivity index (χ1v) is 6.74. The lowest BCUT2D eigenvalue weighted by Gasteiger charge is -2.29. The molecule has 0 aliphatic rings. The largest absolute Gasteiger partial charge is 0.401 e. The van der Waals surface area contributed by atoms with Crippen LogP contribution in [0.4, 0.5) is 13.2 Å². The van der Waals surface area contributed by atoms with E-state index in [1.54, 1.807) is 20.9 Å². The Morgan fingerprint density at radius 1 is 1.21 bits per heavy atom. The van der Waals surface area contributed by atoms with E-state index in [9.17, 15) is 18.3 Å². The number of nitrogens with one attached hydrogen (secondary N) is 1. The van der Waals surface area contributed by atoms with Crippen molar-refractivity contribution < 1.29 is 18.3 Å². The summed E-state index contributed by atoms with van der Waals surface area (Å²) in [6, 6.07) is -0.116. The number of nitrogens with zero attached hydrogens (tertiary/aromatic N) is 1. The van der Waals surface area contributed by atoms with Crippen molar-refractivity contribution in [3.05, 3.63) is 0 Å². The van der Waals surface area contributed by atoms with Crippen molar-refractivity contribution in [1.29, 1.82) is 0 Å². The maximum atomic E-state index is 12.4. The average molecular weight is 284 g/mol. The Morgan fingerprint density at radius 3 is 2.16 bits per heavy atom. The van der Waals surface area contributed by atoms with E-state index < -0.39 is 12.7 Å². The summed E-state index contributed by atoms with van der Waals surface area (Å²) in [7, 11) is 1.78. The summed E-state index contributed by atoms with van der Waals surface area (Å²) in [6.45, 7) is 5.06. The van der Waals surface area contributed by atoms with Crippen molar-refractivity contribution in [1.82, 2.24) is 10.2 Å². The molecule has 0 aromatic carbocycles. The molecule has 1 atom stereocenters. The Hall–Kier alpha value is -0.330. The van der Waals surface area contributed by atoms with Gasteiger partial charge in [0, 0.05) is 11.6 Å².